The van der Waals surface area contributed by atoms with Gasteiger partial charge in [-0.1, -0.05) is 57.3 Å². The van der Waals surface area contributed by atoms with Gasteiger partial charge in [0.25, 0.3) is 0 Å². The average molecular weight is 617 g/mol. The smallest absolute Gasteiger partial charge is 0.239 e. The van der Waals surface area contributed by atoms with Crippen LogP contribution in [0.3, 0.4) is 0 Å². The third-order valence-electron chi connectivity index (χ3n) is 5.07. The van der Waals surface area contributed by atoms with E-state index in [1.54, 1.807) is 18.2 Å². The lowest BCUT2D eigenvalue weighted by Gasteiger charge is -2.13. The number of halogens is 6. The summed E-state index contributed by atoms with van der Waals surface area (Å²) in [6, 6.07) is 15.8. The van der Waals surface area contributed by atoms with E-state index >= 15 is 0 Å². The maximum Gasteiger partial charge on any atom is 0.416 e. The predicted octanol–water partition coefficient (Wildman–Crippen LogP) is 7.38. The number of alkyl halides is 3. The Morgan fingerprint density at radius 3 is 2.33 bits per heavy atom. The van der Waals surface area contributed by atoms with Crippen LogP contribution in [-0.2, 0) is 22.7 Å². The molecule has 0 fully saturated rings. The van der Waals surface area contributed by atoms with Gasteiger partial charge < -0.3 is 0 Å². The highest BCUT2D eigenvalue weighted by Crippen LogP contribution is 2.36. The molecule has 1 N–H and O–H groups in total. The first-order valence-electron chi connectivity index (χ1n) is 10.2. The molecule has 1 heterocycles. The normalized spacial score (nSPS) is 12.1. The van der Waals surface area contributed by atoms with Crippen molar-refractivity contribution >= 4 is 49.2 Å². The number of hydrogen-bond acceptors (Lipinski definition) is 4. The van der Waals surface area contributed by atoms with Gasteiger partial charge in [0, 0.05) is 26.8 Å². The molecule has 5 nitrogen and oxygen atoms in total. The van der Waals surface area contributed by atoms with E-state index in [2.05, 4.69) is 30.6 Å². The summed E-state index contributed by atoms with van der Waals surface area (Å²) in [5, 5.41) is 0.757. The van der Waals surface area contributed by atoms with Gasteiger partial charge in [-0.05, 0) is 54.1 Å². The molecule has 0 saturated carbocycles. The average Bonchev–Trinajstić information content (AvgIpc) is 2.83. The van der Waals surface area contributed by atoms with Gasteiger partial charge in [0.2, 0.25) is 10.0 Å². The van der Waals surface area contributed by atoms with Gasteiger partial charge in [-0.3, -0.25) is 0 Å². The van der Waals surface area contributed by atoms with Crippen LogP contribution in [0.4, 0.5) is 13.2 Å². The second-order valence-corrected chi connectivity index (χ2v) is 11.1. The molecular formula is C24H15BrCl2F3N3O2S. The standard InChI is InChI=1S/C24H15BrCl2F3N3O2S/c25-16-6-4-14(5-7-16)20-12-31-22(33-23(20)19-9-8-17(26)11-21(19)27)13-32-36(34,35)18-3-1-2-15(10-18)24(28,29)30/h1-12,32H,13H2. The Bertz CT molecular complexity index is 1530. The topological polar surface area (TPSA) is 72.0 Å². The Morgan fingerprint density at radius 2 is 1.67 bits per heavy atom. The maximum absolute atomic E-state index is 13.0. The van der Waals surface area contributed by atoms with E-state index in [-0.39, 0.29) is 12.4 Å². The van der Waals surface area contributed by atoms with Crippen LogP contribution < -0.4 is 4.72 Å². The van der Waals surface area contributed by atoms with Gasteiger partial charge in [-0.15, -0.1) is 0 Å². The van der Waals surface area contributed by atoms with Crippen LogP contribution >= 0.6 is 39.1 Å². The molecule has 1 aromatic heterocycles. The number of hydrogen-bond donors (Lipinski definition) is 1. The second kappa shape index (κ2) is 10.5. The number of nitrogens with one attached hydrogen (secondary N) is 1. The number of aromatic nitrogens is 2. The summed E-state index contributed by atoms with van der Waals surface area (Å²) in [7, 11) is -4.28. The molecule has 4 aromatic rings. The quantitative estimate of drug-likeness (QED) is 0.245. The molecule has 3 aromatic carbocycles. The molecule has 0 bridgehead atoms. The van der Waals surface area contributed by atoms with Crippen molar-refractivity contribution in [2.75, 3.05) is 0 Å². The highest BCUT2D eigenvalue weighted by atomic mass is 79.9. The molecule has 0 radical (unpaired) electrons. The summed E-state index contributed by atoms with van der Waals surface area (Å²) in [4.78, 5) is 8.27. The van der Waals surface area contributed by atoms with Crippen LogP contribution in [0.15, 0.2) is 82.3 Å². The molecule has 12 heteroatoms. The van der Waals surface area contributed by atoms with E-state index in [0.29, 0.717) is 32.9 Å². The van der Waals surface area contributed by atoms with Crippen LogP contribution in [0.2, 0.25) is 10.0 Å². The zero-order valence-electron chi connectivity index (χ0n) is 18.0. The van der Waals surface area contributed by atoms with Gasteiger partial charge in [0.05, 0.1) is 27.7 Å². The van der Waals surface area contributed by atoms with Gasteiger partial charge in [0.1, 0.15) is 5.82 Å². The molecule has 0 aliphatic heterocycles. The summed E-state index contributed by atoms with van der Waals surface area (Å²) >= 11 is 15.9. The Balaban J connectivity index is 1.70. The molecule has 0 aliphatic carbocycles. The molecule has 0 spiro atoms. The molecule has 4 rings (SSSR count). The van der Waals surface area contributed by atoms with Crippen molar-refractivity contribution in [1.82, 2.24) is 14.7 Å². The maximum atomic E-state index is 13.0. The molecule has 0 saturated heterocycles. The number of sulfonamides is 1. The second-order valence-electron chi connectivity index (χ2n) is 7.53. The predicted molar refractivity (Wildman–Crippen MR) is 136 cm³/mol. The van der Waals surface area contributed by atoms with E-state index in [1.807, 2.05) is 24.3 Å². The first kappa shape index (κ1) is 26.6. The van der Waals surface area contributed by atoms with Crippen molar-refractivity contribution in [3.05, 3.63) is 98.8 Å². The van der Waals surface area contributed by atoms with Crippen molar-refractivity contribution in [3.8, 4) is 22.4 Å². The fourth-order valence-electron chi connectivity index (χ4n) is 3.31. The highest BCUT2D eigenvalue weighted by Gasteiger charge is 2.31. The number of benzene rings is 3. The van der Waals surface area contributed by atoms with Crippen molar-refractivity contribution in [3.63, 3.8) is 0 Å². The summed E-state index contributed by atoms with van der Waals surface area (Å²) in [5.41, 5.74) is 1.33. The van der Waals surface area contributed by atoms with E-state index in [1.165, 1.54) is 6.20 Å². The summed E-state index contributed by atoms with van der Waals surface area (Å²) in [5.74, 6) is 0.0902. The first-order valence-corrected chi connectivity index (χ1v) is 13.2. The third-order valence-corrected chi connectivity index (χ3v) is 7.55. The van der Waals surface area contributed by atoms with Crippen LogP contribution in [0.25, 0.3) is 22.4 Å². The van der Waals surface area contributed by atoms with Gasteiger partial charge in [-0.2, -0.15) is 13.2 Å². The summed E-state index contributed by atoms with van der Waals surface area (Å²) < 4.78 is 67.5. The van der Waals surface area contributed by atoms with Crippen LogP contribution in [-0.4, -0.2) is 18.4 Å². The van der Waals surface area contributed by atoms with Crippen LogP contribution in [0, 0.1) is 0 Å². The van der Waals surface area contributed by atoms with Gasteiger partial charge in [-0.25, -0.2) is 23.1 Å². The Kier molecular flexibility index (Phi) is 7.72. The SMILES string of the molecule is O=S(=O)(NCc1ncc(-c2ccc(Br)cc2)c(-c2ccc(Cl)cc2Cl)n1)c1cccc(C(F)(F)F)c1. The molecule has 0 unspecified atom stereocenters. The Hall–Kier alpha value is -2.50. The largest absolute Gasteiger partial charge is 0.416 e. The van der Waals surface area contributed by atoms with E-state index in [4.69, 9.17) is 23.2 Å². The van der Waals surface area contributed by atoms with E-state index in [9.17, 15) is 21.6 Å². The van der Waals surface area contributed by atoms with Crippen LogP contribution in [0.5, 0.6) is 0 Å². The zero-order valence-corrected chi connectivity index (χ0v) is 21.9. The minimum absolute atomic E-state index is 0.0902. The first-order chi connectivity index (χ1) is 16.9. The lowest BCUT2D eigenvalue weighted by molar-refractivity contribution is -0.137. The van der Waals surface area contributed by atoms with Crippen molar-refractivity contribution in [1.29, 1.82) is 0 Å². The molecule has 0 aliphatic rings. The number of rotatable bonds is 6. The minimum atomic E-state index is -4.68. The zero-order chi connectivity index (χ0) is 26.1. The lowest BCUT2D eigenvalue weighted by atomic mass is 10.0. The Labute approximate surface area is 223 Å². The molecule has 186 valence electrons. The number of nitrogens with zero attached hydrogens (tertiary/aromatic N) is 2. The van der Waals surface area contributed by atoms with Crippen molar-refractivity contribution in [2.24, 2.45) is 0 Å². The lowest BCUT2D eigenvalue weighted by Crippen LogP contribution is -2.25. The molecular weight excluding hydrogens is 602 g/mol. The molecule has 36 heavy (non-hydrogen) atoms. The van der Waals surface area contributed by atoms with E-state index < -0.39 is 26.7 Å². The van der Waals surface area contributed by atoms with Crippen molar-refractivity contribution < 1.29 is 21.6 Å². The third kappa shape index (κ3) is 6.07. The molecule has 0 atom stereocenters. The van der Waals surface area contributed by atoms with Crippen LogP contribution in [0.1, 0.15) is 11.4 Å². The fourth-order valence-corrected chi connectivity index (χ4v) is 5.10. The van der Waals surface area contributed by atoms with Gasteiger partial charge >= 0.3 is 6.18 Å². The molecule has 0 amide bonds. The summed E-state index contributed by atoms with van der Waals surface area (Å²) in [6.45, 7) is -0.364. The minimum Gasteiger partial charge on any atom is -0.239 e. The monoisotopic (exact) mass is 615 g/mol. The fraction of sp³-hybridized carbons (Fsp3) is 0.0833. The summed E-state index contributed by atoms with van der Waals surface area (Å²) in [6.07, 6.45) is -3.14. The van der Waals surface area contributed by atoms with Crippen molar-refractivity contribution in [2.45, 2.75) is 17.6 Å². The highest BCUT2D eigenvalue weighted by molar-refractivity contribution is 9.10. The van der Waals surface area contributed by atoms with E-state index in [0.717, 1.165) is 28.2 Å². The van der Waals surface area contributed by atoms with Gasteiger partial charge in [0.15, 0.2) is 0 Å². The Morgan fingerprint density at radius 1 is 0.944 bits per heavy atom.